The molecule has 25 heavy (non-hydrogen) atoms. The fourth-order valence-corrected chi connectivity index (χ4v) is 3.07. The van der Waals surface area contributed by atoms with E-state index in [9.17, 15) is 19.7 Å². The Morgan fingerprint density at radius 1 is 0.960 bits per heavy atom. The van der Waals surface area contributed by atoms with Crippen LogP contribution in [0, 0.1) is 17.0 Å². The number of aromatic nitrogens is 2. The van der Waals surface area contributed by atoms with Gasteiger partial charge in [-0.15, -0.1) is 0 Å². The zero-order valence-corrected chi connectivity index (χ0v) is 13.1. The molecule has 0 saturated heterocycles. The summed E-state index contributed by atoms with van der Waals surface area (Å²) < 4.78 is 1.56. The maximum Gasteiger partial charge on any atom is 0.269 e. The van der Waals surface area contributed by atoms with Crippen molar-refractivity contribution in [3.8, 4) is 5.69 Å². The van der Waals surface area contributed by atoms with Crippen LogP contribution in [-0.2, 0) is 0 Å². The lowest BCUT2D eigenvalue weighted by molar-refractivity contribution is -0.384. The number of benzene rings is 2. The summed E-state index contributed by atoms with van der Waals surface area (Å²) in [6.07, 6.45) is 0. The lowest BCUT2D eigenvalue weighted by Crippen LogP contribution is -2.22. The lowest BCUT2D eigenvalue weighted by atomic mass is 9.90. The van der Waals surface area contributed by atoms with Gasteiger partial charge >= 0.3 is 0 Å². The topological polar surface area (TPSA) is 95.1 Å². The molecule has 0 unspecified atom stereocenters. The van der Waals surface area contributed by atoms with Gasteiger partial charge in [0.2, 0.25) is 11.6 Å². The number of ketones is 2. The summed E-state index contributed by atoms with van der Waals surface area (Å²) in [6.45, 7) is 1.69. The van der Waals surface area contributed by atoms with E-state index in [1.54, 1.807) is 35.8 Å². The van der Waals surface area contributed by atoms with Gasteiger partial charge in [-0.05, 0) is 19.1 Å². The van der Waals surface area contributed by atoms with E-state index in [1.165, 1.54) is 24.3 Å². The van der Waals surface area contributed by atoms with Crippen LogP contribution in [0.3, 0.4) is 0 Å². The van der Waals surface area contributed by atoms with Crippen LogP contribution in [0.4, 0.5) is 5.69 Å². The van der Waals surface area contributed by atoms with Crippen molar-refractivity contribution in [1.82, 2.24) is 9.55 Å². The third kappa shape index (κ3) is 2.09. The molecule has 0 saturated carbocycles. The van der Waals surface area contributed by atoms with Gasteiger partial charge in [0, 0.05) is 28.9 Å². The summed E-state index contributed by atoms with van der Waals surface area (Å²) in [6, 6.07) is 12.4. The van der Waals surface area contributed by atoms with Gasteiger partial charge < -0.3 is 0 Å². The Morgan fingerprint density at radius 3 is 2.16 bits per heavy atom. The van der Waals surface area contributed by atoms with Crippen molar-refractivity contribution >= 4 is 17.3 Å². The van der Waals surface area contributed by atoms with Crippen molar-refractivity contribution in [3.63, 3.8) is 0 Å². The molecule has 0 N–H and O–H groups in total. The van der Waals surface area contributed by atoms with Crippen molar-refractivity contribution in [3.05, 3.63) is 87.0 Å². The Hall–Kier alpha value is -3.61. The molecule has 0 radical (unpaired) electrons. The number of carbonyl (C=O) groups is 2. The van der Waals surface area contributed by atoms with Crippen LogP contribution in [0.25, 0.3) is 5.69 Å². The van der Waals surface area contributed by atoms with Gasteiger partial charge in [0.1, 0.15) is 17.2 Å². The largest absolute Gasteiger partial charge is 0.293 e. The number of fused-ring (bicyclic) bond motifs is 2. The van der Waals surface area contributed by atoms with Gasteiger partial charge in [0.05, 0.1) is 4.92 Å². The summed E-state index contributed by atoms with van der Waals surface area (Å²) >= 11 is 0. The third-order valence-corrected chi connectivity index (χ3v) is 4.21. The van der Waals surface area contributed by atoms with Crippen LogP contribution < -0.4 is 0 Å². The van der Waals surface area contributed by atoms with Gasteiger partial charge in [-0.3, -0.25) is 24.3 Å². The minimum absolute atomic E-state index is 0.0527. The number of non-ortho nitro benzene ring substituents is 1. The van der Waals surface area contributed by atoms with Crippen molar-refractivity contribution in [1.29, 1.82) is 0 Å². The second-order valence-electron chi connectivity index (χ2n) is 5.67. The molecule has 2 aromatic carbocycles. The van der Waals surface area contributed by atoms with E-state index in [4.69, 9.17) is 0 Å². The summed E-state index contributed by atoms with van der Waals surface area (Å²) in [5, 5.41) is 10.8. The van der Waals surface area contributed by atoms with E-state index in [-0.39, 0.29) is 28.6 Å². The molecule has 122 valence electrons. The zero-order chi connectivity index (χ0) is 17.7. The average Bonchev–Trinajstić information content (AvgIpc) is 2.97. The van der Waals surface area contributed by atoms with Gasteiger partial charge in [-0.2, -0.15) is 0 Å². The van der Waals surface area contributed by atoms with Crippen LogP contribution >= 0.6 is 0 Å². The van der Waals surface area contributed by atoms with E-state index in [2.05, 4.69) is 4.98 Å². The standard InChI is InChI=1S/C18H11N3O4/c1-10-19-15-16(18(23)14-5-3-2-4-13(14)17(15)22)20(10)11-6-8-12(9-7-11)21(24)25/h2-9H,1H3. The number of nitro benzene ring substituents is 1. The molecule has 0 fully saturated rings. The summed E-state index contributed by atoms with van der Waals surface area (Å²) in [5.74, 6) is -0.119. The zero-order valence-electron chi connectivity index (χ0n) is 13.1. The second-order valence-corrected chi connectivity index (χ2v) is 5.67. The highest BCUT2D eigenvalue weighted by atomic mass is 16.6. The number of nitro groups is 1. The Labute approximate surface area is 141 Å². The van der Waals surface area contributed by atoms with Crippen LogP contribution in [0.1, 0.15) is 37.9 Å². The Morgan fingerprint density at radius 2 is 1.56 bits per heavy atom. The number of nitrogens with zero attached hydrogens (tertiary/aromatic N) is 3. The molecule has 3 aromatic rings. The Kier molecular flexibility index (Phi) is 3.11. The van der Waals surface area contributed by atoms with Gasteiger partial charge in [0.25, 0.3) is 5.69 Å². The Balaban J connectivity index is 1.93. The lowest BCUT2D eigenvalue weighted by Gasteiger charge is -2.16. The average molecular weight is 333 g/mol. The molecule has 0 spiro atoms. The molecule has 0 amide bonds. The minimum Gasteiger partial charge on any atom is -0.293 e. The van der Waals surface area contributed by atoms with Crippen molar-refractivity contribution in [2.45, 2.75) is 6.92 Å². The molecule has 1 aliphatic carbocycles. The van der Waals surface area contributed by atoms with E-state index < -0.39 is 4.92 Å². The second kappa shape index (κ2) is 5.20. The molecule has 7 nitrogen and oxygen atoms in total. The number of hydrogen-bond acceptors (Lipinski definition) is 5. The summed E-state index contributed by atoms with van der Waals surface area (Å²) in [4.78, 5) is 40.2. The predicted octanol–water partition coefficient (Wildman–Crippen LogP) is 2.86. The van der Waals surface area contributed by atoms with Crippen LogP contribution in [0.2, 0.25) is 0 Å². The molecular formula is C18H11N3O4. The van der Waals surface area contributed by atoms with Crippen LogP contribution in [-0.4, -0.2) is 26.0 Å². The fourth-order valence-electron chi connectivity index (χ4n) is 3.07. The monoisotopic (exact) mass is 333 g/mol. The highest BCUT2D eigenvalue weighted by Crippen LogP contribution is 2.30. The fraction of sp³-hybridized carbons (Fsp3) is 0.0556. The highest BCUT2D eigenvalue weighted by molar-refractivity contribution is 6.27. The SMILES string of the molecule is Cc1nc2c(n1-c1ccc([N+](=O)[O-])cc1)C(=O)c1ccccc1C2=O. The predicted molar refractivity (Wildman–Crippen MR) is 88.3 cm³/mol. The smallest absolute Gasteiger partial charge is 0.269 e. The number of imidazole rings is 1. The van der Waals surface area contributed by atoms with Crippen molar-refractivity contribution < 1.29 is 14.5 Å². The first-order valence-corrected chi connectivity index (χ1v) is 7.51. The van der Waals surface area contributed by atoms with Gasteiger partial charge in [-0.25, -0.2) is 4.98 Å². The van der Waals surface area contributed by atoms with Gasteiger partial charge in [-0.1, -0.05) is 24.3 Å². The van der Waals surface area contributed by atoms with E-state index in [0.717, 1.165) is 0 Å². The molecule has 1 aromatic heterocycles. The van der Waals surface area contributed by atoms with E-state index in [1.807, 2.05) is 0 Å². The maximum atomic E-state index is 12.9. The first-order valence-electron chi connectivity index (χ1n) is 7.51. The maximum absolute atomic E-state index is 12.9. The molecule has 7 heteroatoms. The summed E-state index contributed by atoms with van der Waals surface area (Å²) in [7, 11) is 0. The Bertz CT molecular complexity index is 1060. The molecule has 4 rings (SSSR count). The van der Waals surface area contributed by atoms with Crippen LogP contribution in [0.15, 0.2) is 48.5 Å². The number of aryl methyl sites for hydroxylation is 1. The molecule has 0 aliphatic heterocycles. The van der Waals surface area contributed by atoms with E-state index >= 15 is 0 Å². The third-order valence-electron chi connectivity index (χ3n) is 4.21. The van der Waals surface area contributed by atoms with Crippen LogP contribution in [0.5, 0.6) is 0 Å². The molecular weight excluding hydrogens is 322 g/mol. The number of rotatable bonds is 2. The first-order chi connectivity index (χ1) is 12.0. The molecule has 1 aliphatic rings. The van der Waals surface area contributed by atoms with Crippen molar-refractivity contribution in [2.24, 2.45) is 0 Å². The van der Waals surface area contributed by atoms with Crippen molar-refractivity contribution in [2.75, 3.05) is 0 Å². The first kappa shape index (κ1) is 14.9. The minimum atomic E-state index is -0.495. The highest BCUT2D eigenvalue weighted by Gasteiger charge is 2.35. The normalized spacial score (nSPS) is 12.7. The molecule has 0 bridgehead atoms. The van der Waals surface area contributed by atoms with E-state index in [0.29, 0.717) is 22.6 Å². The number of carbonyl (C=O) groups excluding carboxylic acids is 2. The molecule has 1 heterocycles. The van der Waals surface area contributed by atoms with Gasteiger partial charge in [0.15, 0.2) is 0 Å². The molecule has 0 atom stereocenters. The quantitative estimate of drug-likeness (QED) is 0.415. The summed E-state index contributed by atoms with van der Waals surface area (Å²) in [5.41, 5.74) is 1.46. The number of hydrogen-bond donors (Lipinski definition) is 0.